The number of ether oxygens (including phenoxy) is 1. The summed E-state index contributed by atoms with van der Waals surface area (Å²) in [5, 5.41) is 6.42. The van der Waals surface area contributed by atoms with Gasteiger partial charge >= 0.3 is 0 Å². The molecule has 2 N–H and O–H groups in total. The van der Waals surface area contributed by atoms with Crippen molar-refractivity contribution in [2.75, 3.05) is 40.4 Å². The summed E-state index contributed by atoms with van der Waals surface area (Å²) < 4.78 is 5.22. The highest BCUT2D eigenvalue weighted by Crippen LogP contribution is 2.18. The van der Waals surface area contributed by atoms with Crippen molar-refractivity contribution in [3.8, 4) is 0 Å². The van der Waals surface area contributed by atoms with Crippen LogP contribution in [0.3, 0.4) is 0 Å². The van der Waals surface area contributed by atoms with Crippen LogP contribution in [0.15, 0.2) is 4.99 Å². The lowest BCUT2D eigenvalue weighted by Gasteiger charge is -2.21. The number of hydrogen-bond acceptors (Lipinski definition) is 3. The number of nitrogens with zero attached hydrogens (tertiary/aromatic N) is 2. The van der Waals surface area contributed by atoms with Gasteiger partial charge in [-0.1, -0.05) is 12.8 Å². The normalized spacial score (nSPS) is 23.1. The molecule has 1 aliphatic carbocycles. The third kappa shape index (κ3) is 5.16. The second kappa shape index (κ2) is 8.98. The number of rotatable bonds is 6. The maximum Gasteiger partial charge on any atom is 0.221 e. The van der Waals surface area contributed by atoms with E-state index in [1.54, 1.807) is 14.2 Å². The van der Waals surface area contributed by atoms with Gasteiger partial charge in [-0.3, -0.25) is 9.79 Å². The summed E-state index contributed by atoms with van der Waals surface area (Å²) in [6.07, 6.45) is 6.40. The first-order valence-corrected chi connectivity index (χ1v) is 8.46. The smallest absolute Gasteiger partial charge is 0.221 e. The number of guanidine groups is 1. The molecule has 2 aliphatic rings. The van der Waals surface area contributed by atoms with Gasteiger partial charge in [0.05, 0.1) is 6.61 Å². The van der Waals surface area contributed by atoms with E-state index in [0.717, 1.165) is 44.9 Å². The van der Waals surface area contributed by atoms with Gasteiger partial charge in [0.15, 0.2) is 5.96 Å². The van der Waals surface area contributed by atoms with E-state index < -0.39 is 0 Å². The molecule has 22 heavy (non-hydrogen) atoms. The van der Waals surface area contributed by atoms with Gasteiger partial charge in [-0.2, -0.15) is 0 Å². The summed E-state index contributed by atoms with van der Waals surface area (Å²) in [7, 11) is 3.54. The first kappa shape index (κ1) is 17.1. The van der Waals surface area contributed by atoms with Crippen molar-refractivity contribution in [1.29, 1.82) is 0 Å². The van der Waals surface area contributed by atoms with E-state index >= 15 is 0 Å². The molecule has 1 saturated heterocycles. The van der Waals surface area contributed by atoms with Crippen LogP contribution < -0.4 is 10.6 Å². The Morgan fingerprint density at radius 1 is 1.32 bits per heavy atom. The third-order valence-corrected chi connectivity index (χ3v) is 4.56. The second-order valence-corrected chi connectivity index (χ2v) is 6.33. The number of aliphatic imine (C=N–C) groups is 1. The molecule has 1 amide bonds. The fourth-order valence-corrected chi connectivity index (χ4v) is 3.39. The molecule has 1 atom stereocenters. The van der Waals surface area contributed by atoms with Crippen molar-refractivity contribution in [2.24, 2.45) is 10.9 Å². The highest BCUT2D eigenvalue weighted by atomic mass is 16.5. The predicted molar refractivity (Wildman–Crippen MR) is 87.9 cm³/mol. The zero-order valence-electron chi connectivity index (χ0n) is 13.9. The van der Waals surface area contributed by atoms with Gasteiger partial charge in [0.1, 0.15) is 0 Å². The van der Waals surface area contributed by atoms with Crippen molar-refractivity contribution in [1.82, 2.24) is 15.5 Å². The lowest BCUT2D eigenvalue weighted by molar-refractivity contribution is -0.121. The average Bonchev–Trinajstić information content (AvgIpc) is 3.16. The van der Waals surface area contributed by atoms with Gasteiger partial charge in [0, 0.05) is 52.2 Å². The largest absolute Gasteiger partial charge is 0.384 e. The number of carbonyl (C=O) groups excluding carboxylic acids is 1. The van der Waals surface area contributed by atoms with Crippen LogP contribution in [-0.2, 0) is 9.53 Å². The molecule has 0 spiro atoms. The van der Waals surface area contributed by atoms with E-state index in [-0.39, 0.29) is 5.91 Å². The molecule has 1 aliphatic heterocycles. The molecule has 0 aromatic rings. The van der Waals surface area contributed by atoms with E-state index in [1.807, 2.05) is 0 Å². The summed E-state index contributed by atoms with van der Waals surface area (Å²) in [6, 6.07) is 0.403. The summed E-state index contributed by atoms with van der Waals surface area (Å²) in [5.74, 6) is 1.62. The number of nitrogens with one attached hydrogen (secondary N) is 2. The third-order valence-electron chi connectivity index (χ3n) is 4.56. The molecule has 0 radical (unpaired) electrons. The van der Waals surface area contributed by atoms with Crippen LogP contribution in [-0.4, -0.2) is 63.2 Å². The fraction of sp³-hybridized carbons (Fsp3) is 0.875. The predicted octanol–water partition coefficient (Wildman–Crippen LogP) is 0.979. The molecule has 6 nitrogen and oxygen atoms in total. The zero-order valence-corrected chi connectivity index (χ0v) is 13.9. The lowest BCUT2D eigenvalue weighted by atomic mass is 10.1. The number of carbonyl (C=O) groups is 1. The van der Waals surface area contributed by atoms with Crippen molar-refractivity contribution in [2.45, 2.75) is 44.6 Å². The molecular weight excluding hydrogens is 280 g/mol. The van der Waals surface area contributed by atoms with Gasteiger partial charge in [0.2, 0.25) is 5.91 Å². The van der Waals surface area contributed by atoms with Crippen LogP contribution in [0.5, 0.6) is 0 Å². The Hall–Kier alpha value is -1.30. The molecule has 0 aromatic carbocycles. The van der Waals surface area contributed by atoms with Crippen molar-refractivity contribution < 1.29 is 9.53 Å². The standard InChI is InChI=1S/C16H30N4O2/c1-17-16(20-10-8-13(11-20)12-22-2)18-9-7-15(21)19-14-5-3-4-6-14/h13-14H,3-12H2,1-2H3,(H,17,18)(H,19,21). The van der Waals surface area contributed by atoms with E-state index in [2.05, 4.69) is 20.5 Å². The number of amides is 1. The van der Waals surface area contributed by atoms with Gasteiger partial charge in [-0.25, -0.2) is 0 Å². The Bertz CT molecular complexity index is 380. The monoisotopic (exact) mass is 310 g/mol. The minimum Gasteiger partial charge on any atom is -0.384 e. The molecule has 1 unspecified atom stereocenters. The Labute approximate surface area is 133 Å². The lowest BCUT2D eigenvalue weighted by Crippen LogP contribution is -2.42. The topological polar surface area (TPSA) is 66.0 Å². The molecule has 6 heteroatoms. The number of methoxy groups -OCH3 is 1. The molecular formula is C16H30N4O2. The van der Waals surface area contributed by atoms with Gasteiger partial charge in [-0.05, 0) is 19.3 Å². The van der Waals surface area contributed by atoms with Crippen molar-refractivity contribution >= 4 is 11.9 Å². The minimum absolute atomic E-state index is 0.147. The van der Waals surface area contributed by atoms with E-state index in [4.69, 9.17) is 4.74 Å². The minimum atomic E-state index is 0.147. The van der Waals surface area contributed by atoms with E-state index in [0.29, 0.717) is 24.9 Å². The molecule has 2 rings (SSSR count). The summed E-state index contributed by atoms with van der Waals surface area (Å²) >= 11 is 0. The van der Waals surface area contributed by atoms with Gasteiger partial charge in [0.25, 0.3) is 0 Å². The first-order valence-electron chi connectivity index (χ1n) is 8.46. The Morgan fingerprint density at radius 3 is 2.77 bits per heavy atom. The maximum absolute atomic E-state index is 11.9. The highest BCUT2D eigenvalue weighted by Gasteiger charge is 2.24. The molecule has 1 heterocycles. The van der Waals surface area contributed by atoms with Crippen molar-refractivity contribution in [3.63, 3.8) is 0 Å². The number of likely N-dealkylation sites (tertiary alicyclic amines) is 1. The van der Waals surface area contributed by atoms with Crippen LogP contribution in [0.2, 0.25) is 0 Å². The van der Waals surface area contributed by atoms with Gasteiger partial charge < -0.3 is 20.3 Å². The van der Waals surface area contributed by atoms with Crippen LogP contribution in [0.25, 0.3) is 0 Å². The van der Waals surface area contributed by atoms with Crippen molar-refractivity contribution in [3.05, 3.63) is 0 Å². The molecule has 0 bridgehead atoms. The van der Waals surface area contributed by atoms with E-state index in [1.165, 1.54) is 12.8 Å². The van der Waals surface area contributed by atoms with E-state index in [9.17, 15) is 4.79 Å². The molecule has 1 saturated carbocycles. The average molecular weight is 310 g/mol. The maximum atomic E-state index is 11.9. The number of hydrogen-bond donors (Lipinski definition) is 2. The second-order valence-electron chi connectivity index (χ2n) is 6.33. The van der Waals surface area contributed by atoms with Crippen LogP contribution >= 0.6 is 0 Å². The van der Waals surface area contributed by atoms with Crippen LogP contribution in [0.1, 0.15) is 38.5 Å². The van der Waals surface area contributed by atoms with Gasteiger partial charge in [-0.15, -0.1) is 0 Å². The quantitative estimate of drug-likeness (QED) is 0.567. The Kier molecular flexibility index (Phi) is 6.96. The SMILES string of the molecule is CN=C(NCCC(=O)NC1CCCC1)N1CCC(COC)C1. The molecule has 2 fully saturated rings. The Balaban J connectivity index is 1.65. The molecule has 0 aromatic heterocycles. The highest BCUT2D eigenvalue weighted by molar-refractivity contribution is 5.81. The summed E-state index contributed by atoms with van der Waals surface area (Å²) in [5.41, 5.74) is 0. The van der Waals surface area contributed by atoms with Crippen LogP contribution in [0, 0.1) is 5.92 Å². The summed E-state index contributed by atoms with van der Waals surface area (Å²) in [6.45, 7) is 3.41. The Morgan fingerprint density at radius 2 is 2.09 bits per heavy atom. The fourth-order valence-electron chi connectivity index (χ4n) is 3.39. The first-order chi connectivity index (χ1) is 10.7. The molecule has 126 valence electrons. The van der Waals surface area contributed by atoms with Crippen LogP contribution in [0.4, 0.5) is 0 Å². The zero-order chi connectivity index (χ0) is 15.8. The summed E-state index contributed by atoms with van der Waals surface area (Å²) in [4.78, 5) is 18.5.